The Morgan fingerprint density at radius 1 is 0.788 bits per heavy atom. The number of para-hydroxylation sites is 1. The van der Waals surface area contributed by atoms with E-state index >= 15 is 0 Å². The van der Waals surface area contributed by atoms with Gasteiger partial charge in [0.15, 0.2) is 17.4 Å². The number of fused-ring (bicyclic) bond motifs is 1. The monoisotopic (exact) mass is 440 g/mol. The van der Waals surface area contributed by atoms with Crippen LogP contribution in [0.5, 0.6) is 5.75 Å². The maximum Gasteiger partial charge on any atom is 0.165 e. The number of nitrogens with one attached hydrogen (secondary N) is 1. The highest BCUT2D eigenvalue weighted by Crippen LogP contribution is 2.31. The van der Waals surface area contributed by atoms with Gasteiger partial charge in [-0.2, -0.15) is 0 Å². The first-order valence-electron chi connectivity index (χ1n) is 10.2. The van der Waals surface area contributed by atoms with E-state index in [1.54, 1.807) is 30.6 Å². The van der Waals surface area contributed by atoms with Gasteiger partial charge >= 0.3 is 0 Å². The molecule has 1 N–H and O–H groups in total. The van der Waals surface area contributed by atoms with Gasteiger partial charge in [0.25, 0.3) is 0 Å². The third kappa shape index (κ3) is 4.08. The molecule has 2 heterocycles. The van der Waals surface area contributed by atoms with Crippen LogP contribution in [0.15, 0.2) is 85.2 Å². The summed E-state index contributed by atoms with van der Waals surface area (Å²) in [6.07, 6.45) is 3.36. The number of hydrogen-bond donors (Lipinski definition) is 1. The number of halogens is 2. The molecule has 162 valence electrons. The molecule has 0 fully saturated rings. The number of hydrogen-bond acceptors (Lipinski definition) is 5. The van der Waals surface area contributed by atoms with E-state index in [1.807, 2.05) is 36.4 Å². The van der Waals surface area contributed by atoms with E-state index < -0.39 is 11.6 Å². The van der Waals surface area contributed by atoms with Crippen LogP contribution in [-0.2, 0) is 0 Å². The molecule has 33 heavy (non-hydrogen) atoms. The van der Waals surface area contributed by atoms with Crippen LogP contribution in [0.4, 0.5) is 20.3 Å². The van der Waals surface area contributed by atoms with Crippen molar-refractivity contribution in [3.63, 3.8) is 0 Å². The smallest absolute Gasteiger partial charge is 0.165 e. The molecule has 0 radical (unpaired) electrons. The molecule has 0 saturated carbocycles. The molecule has 3 aromatic carbocycles. The summed E-state index contributed by atoms with van der Waals surface area (Å²) in [6.45, 7) is 0. The molecule has 0 bridgehead atoms. The number of nitrogens with zero attached hydrogens (tertiary/aromatic N) is 3. The molecule has 0 saturated heterocycles. The van der Waals surface area contributed by atoms with E-state index in [9.17, 15) is 8.78 Å². The maximum atomic E-state index is 15.0. The van der Waals surface area contributed by atoms with Gasteiger partial charge in [-0.3, -0.25) is 4.98 Å². The zero-order chi connectivity index (χ0) is 22.8. The van der Waals surface area contributed by atoms with Crippen molar-refractivity contribution in [3.05, 3.63) is 96.8 Å². The van der Waals surface area contributed by atoms with Gasteiger partial charge in [0, 0.05) is 34.6 Å². The fraction of sp³-hybridized carbons (Fsp3) is 0.0385. The van der Waals surface area contributed by atoms with Crippen molar-refractivity contribution in [3.8, 4) is 28.3 Å². The Kier molecular flexibility index (Phi) is 5.36. The summed E-state index contributed by atoms with van der Waals surface area (Å²) in [6, 6.07) is 20.3. The Morgan fingerprint density at radius 2 is 1.61 bits per heavy atom. The summed E-state index contributed by atoms with van der Waals surface area (Å²) in [7, 11) is 1.38. The highest BCUT2D eigenvalue weighted by atomic mass is 19.1. The quantitative estimate of drug-likeness (QED) is 0.343. The van der Waals surface area contributed by atoms with E-state index in [0.29, 0.717) is 22.9 Å². The molecule has 0 aliphatic carbocycles. The van der Waals surface area contributed by atoms with Crippen molar-refractivity contribution >= 4 is 22.4 Å². The fourth-order valence-corrected chi connectivity index (χ4v) is 3.60. The topological polar surface area (TPSA) is 59.9 Å². The van der Waals surface area contributed by atoms with Gasteiger partial charge in [0.05, 0.1) is 12.6 Å². The molecular formula is C26H18F2N4O. The SMILES string of the molecule is COc1ccc(-c2ccc(Nc3nc(-c4ccncc4)nc4ccccc34)cc2F)cc1F. The first-order valence-corrected chi connectivity index (χ1v) is 10.2. The lowest BCUT2D eigenvalue weighted by Gasteiger charge is -2.12. The Morgan fingerprint density at radius 3 is 2.36 bits per heavy atom. The summed E-state index contributed by atoms with van der Waals surface area (Å²) in [5, 5.41) is 4.01. The van der Waals surface area contributed by atoms with Gasteiger partial charge in [-0.1, -0.05) is 18.2 Å². The molecule has 2 aromatic heterocycles. The molecule has 0 amide bonds. The fourth-order valence-electron chi connectivity index (χ4n) is 3.60. The second-order valence-electron chi connectivity index (χ2n) is 7.32. The van der Waals surface area contributed by atoms with Gasteiger partial charge < -0.3 is 10.1 Å². The van der Waals surface area contributed by atoms with Crippen LogP contribution in [0.1, 0.15) is 0 Å². The third-order valence-electron chi connectivity index (χ3n) is 5.24. The van der Waals surface area contributed by atoms with Crippen molar-refractivity contribution in [1.29, 1.82) is 0 Å². The number of benzene rings is 3. The number of rotatable bonds is 5. The van der Waals surface area contributed by atoms with Crippen LogP contribution >= 0.6 is 0 Å². The van der Waals surface area contributed by atoms with Gasteiger partial charge in [-0.05, 0) is 60.2 Å². The second kappa shape index (κ2) is 8.63. The standard InChI is InChI=1S/C26H18F2N4O/c1-33-24-9-6-17(14-22(24)28)19-8-7-18(15-21(19)27)30-26-20-4-2-3-5-23(20)31-25(32-26)16-10-12-29-13-11-16/h2-15H,1H3,(H,30,31,32). The van der Waals surface area contributed by atoms with Crippen LogP contribution in [-0.4, -0.2) is 22.1 Å². The molecule has 0 unspecified atom stereocenters. The van der Waals surface area contributed by atoms with Gasteiger partial charge in [0.2, 0.25) is 0 Å². The molecule has 0 atom stereocenters. The summed E-state index contributed by atoms with van der Waals surface area (Å²) in [4.78, 5) is 13.4. The summed E-state index contributed by atoms with van der Waals surface area (Å²) < 4.78 is 34.0. The Balaban J connectivity index is 1.52. The lowest BCUT2D eigenvalue weighted by molar-refractivity contribution is 0.386. The maximum absolute atomic E-state index is 15.0. The zero-order valence-electron chi connectivity index (χ0n) is 17.6. The minimum absolute atomic E-state index is 0.109. The molecule has 0 aliphatic rings. The van der Waals surface area contributed by atoms with E-state index in [1.165, 1.54) is 25.3 Å². The van der Waals surface area contributed by atoms with Crippen LogP contribution in [0.25, 0.3) is 33.4 Å². The number of pyridine rings is 1. The Hall–Kier alpha value is -4.39. The minimum Gasteiger partial charge on any atom is -0.494 e. The Bertz CT molecular complexity index is 1460. The van der Waals surface area contributed by atoms with Crippen molar-refractivity contribution in [2.45, 2.75) is 0 Å². The van der Waals surface area contributed by atoms with E-state index in [2.05, 4.69) is 20.3 Å². The average Bonchev–Trinajstić information content (AvgIpc) is 2.84. The van der Waals surface area contributed by atoms with E-state index in [-0.39, 0.29) is 11.3 Å². The van der Waals surface area contributed by atoms with Crippen molar-refractivity contribution in [2.24, 2.45) is 0 Å². The lowest BCUT2D eigenvalue weighted by atomic mass is 10.0. The number of methoxy groups -OCH3 is 1. The van der Waals surface area contributed by atoms with Crippen LogP contribution in [0.3, 0.4) is 0 Å². The van der Waals surface area contributed by atoms with Gasteiger partial charge in [-0.15, -0.1) is 0 Å². The summed E-state index contributed by atoms with van der Waals surface area (Å²) in [5.41, 5.74) is 2.79. The van der Waals surface area contributed by atoms with Crippen LogP contribution in [0, 0.1) is 11.6 Å². The second-order valence-corrected chi connectivity index (χ2v) is 7.32. The first-order chi connectivity index (χ1) is 16.1. The zero-order valence-corrected chi connectivity index (χ0v) is 17.6. The van der Waals surface area contributed by atoms with Gasteiger partial charge in [0.1, 0.15) is 11.6 Å². The molecule has 0 aliphatic heterocycles. The van der Waals surface area contributed by atoms with E-state index in [4.69, 9.17) is 4.74 Å². The van der Waals surface area contributed by atoms with Crippen molar-refractivity contribution in [1.82, 2.24) is 15.0 Å². The molecule has 0 spiro atoms. The number of anilines is 2. The third-order valence-corrected chi connectivity index (χ3v) is 5.24. The van der Waals surface area contributed by atoms with Crippen LogP contribution in [0.2, 0.25) is 0 Å². The molecule has 5 aromatic rings. The molecule has 7 heteroatoms. The molecule has 5 nitrogen and oxygen atoms in total. The van der Waals surface area contributed by atoms with Gasteiger partial charge in [-0.25, -0.2) is 18.7 Å². The number of ether oxygens (including phenoxy) is 1. The molecular weight excluding hydrogens is 422 g/mol. The van der Waals surface area contributed by atoms with Crippen molar-refractivity contribution in [2.75, 3.05) is 12.4 Å². The van der Waals surface area contributed by atoms with Crippen molar-refractivity contribution < 1.29 is 13.5 Å². The first kappa shape index (κ1) is 20.5. The summed E-state index contributed by atoms with van der Waals surface area (Å²) in [5.74, 6) is 0.155. The van der Waals surface area contributed by atoms with E-state index in [0.717, 1.165) is 16.5 Å². The summed E-state index contributed by atoms with van der Waals surface area (Å²) >= 11 is 0. The largest absolute Gasteiger partial charge is 0.494 e. The predicted molar refractivity (Wildman–Crippen MR) is 124 cm³/mol. The lowest BCUT2D eigenvalue weighted by Crippen LogP contribution is -2.00. The average molecular weight is 440 g/mol. The predicted octanol–water partition coefficient (Wildman–Crippen LogP) is 6.39. The van der Waals surface area contributed by atoms with Crippen LogP contribution < -0.4 is 10.1 Å². The highest BCUT2D eigenvalue weighted by Gasteiger charge is 2.13. The number of aromatic nitrogens is 3. The Labute approximate surface area is 188 Å². The highest BCUT2D eigenvalue weighted by molar-refractivity contribution is 5.92. The molecule has 5 rings (SSSR count). The normalized spacial score (nSPS) is 10.9. The minimum atomic E-state index is -0.548.